The van der Waals surface area contributed by atoms with Gasteiger partial charge < -0.3 is 0 Å². The summed E-state index contributed by atoms with van der Waals surface area (Å²) in [6, 6.07) is 8.49. The molecule has 0 saturated heterocycles. The highest BCUT2D eigenvalue weighted by Gasteiger charge is 2.35. The topological polar surface area (TPSA) is 56.1 Å². The van der Waals surface area contributed by atoms with E-state index in [9.17, 15) is 13.2 Å². The Balaban J connectivity index is 2.22. The fraction of sp³-hybridized carbons (Fsp3) is 0.312. The van der Waals surface area contributed by atoms with Crippen molar-refractivity contribution in [2.24, 2.45) is 5.92 Å². The minimum atomic E-state index is -3.73. The summed E-state index contributed by atoms with van der Waals surface area (Å²) in [6.07, 6.45) is 0.616. The smallest absolute Gasteiger partial charge is 0.268 e. The number of ketones is 1. The van der Waals surface area contributed by atoms with Gasteiger partial charge in [-0.2, -0.15) is 0 Å². The molecule has 0 spiro atoms. The first-order valence-corrected chi connectivity index (χ1v) is 8.34. The van der Waals surface area contributed by atoms with Gasteiger partial charge in [0.2, 0.25) is 0 Å². The van der Waals surface area contributed by atoms with Gasteiger partial charge in [0.25, 0.3) is 10.0 Å². The minimum absolute atomic E-state index is 0.0891. The summed E-state index contributed by atoms with van der Waals surface area (Å²) in [4.78, 5) is 12.5. The Kier molecular flexibility index (Phi) is 3.06. The highest BCUT2D eigenvalue weighted by molar-refractivity contribution is 7.90. The predicted octanol–water partition coefficient (Wildman–Crippen LogP) is 2.72. The first-order valence-electron chi connectivity index (χ1n) is 6.90. The Morgan fingerprint density at radius 3 is 2.38 bits per heavy atom. The van der Waals surface area contributed by atoms with E-state index in [4.69, 9.17) is 0 Å². The van der Waals surface area contributed by atoms with Crippen molar-refractivity contribution >= 4 is 15.8 Å². The zero-order valence-corrected chi connectivity index (χ0v) is 13.1. The van der Waals surface area contributed by atoms with Crippen LogP contribution < -0.4 is 0 Å². The Hall–Kier alpha value is -1.88. The van der Waals surface area contributed by atoms with Gasteiger partial charge in [-0.1, -0.05) is 24.6 Å². The highest BCUT2D eigenvalue weighted by Crippen LogP contribution is 2.32. The summed E-state index contributed by atoms with van der Waals surface area (Å²) in [5.74, 6) is -0.233. The molecule has 1 heterocycles. The molecule has 110 valence electrons. The van der Waals surface area contributed by atoms with Crippen LogP contribution in [0, 0.1) is 19.8 Å². The average Bonchev–Trinajstić information content (AvgIpc) is 2.87. The van der Waals surface area contributed by atoms with Crippen LogP contribution in [0.2, 0.25) is 0 Å². The molecule has 0 fully saturated rings. The summed E-state index contributed by atoms with van der Waals surface area (Å²) in [7, 11) is -3.73. The fourth-order valence-corrected chi connectivity index (χ4v) is 4.45. The molecule has 4 nitrogen and oxygen atoms in total. The molecule has 1 aromatic heterocycles. The fourth-order valence-electron chi connectivity index (χ4n) is 2.88. The molecule has 21 heavy (non-hydrogen) atoms. The van der Waals surface area contributed by atoms with Crippen LogP contribution in [0.25, 0.3) is 0 Å². The lowest BCUT2D eigenvalue weighted by atomic mass is 10.1. The molecule has 0 radical (unpaired) electrons. The summed E-state index contributed by atoms with van der Waals surface area (Å²) in [6.45, 7) is 5.46. The van der Waals surface area contributed by atoms with E-state index in [0.29, 0.717) is 17.8 Å². The second kappa shape index (κ2) is 4.56. The quantitative estimate of drug-likeness (QED) is 0.857. The van der Waals surface area contributed by atoms with Gasteiger partial charge in [-0.3, -0.25) is 4.79 Å². The van der Waals surface area contributed by atoms with Gasteiger partial charge in [-0.15, -0.1) is 0 Å². The summed E-state index contributed by atoms with van der Waals surface area (Å²) >= 11 is 0. The maximum Gasteiger partial charge on any atom is 0.268 e. The Morgan fingerprint density at radius 2 is 1.76 bits per heavy atom. The summed E-state index contributed by atoms with van der Waals surface area (Å²) in [5.41, 5.74) is 2.75. The zero-order valence-electron chi connectivity index (χ0n) is 12.3. The van der Waals surface area contributed by atoms with Crippen molar-refractivity contribution in [2.75, 3.05) is 0 Å². The number of fused-ring (bicyclic) bond motifs is 1. The van der Waals surface area contributed by atoms with Gasteiger partial charge in [-0.25, -0.2) is 12.4 Å². The van der Waals surface area contributed by atoms with Crippen LogP contribution in [0.4, 0.5) is 0 Å². The second-order valence-corrected chi connectivity index (χ2v) is 7.50. The summed E-state index contributed by atoms with van der Waals surface area (Å²) < 4.78 is 26.9. The SMILES string of the molecule is Cc1ccc(S(=O)(=O)n2c(C)cc3c2C(=O)[C@H](C)C3)cc1. The van der Waals surface area contributed by atoms with E-state index in [1.807, 2.05) is 19.9 Å². The number of hydrogen-bond acceptors (Lipinski definition) is 3. The maximum absolute atomic E-state index is 12.8. The van der Waals surface area contributed by atoms with Crippen LogP contribution in [-0.2, 0) is 16.4 Å². The van der Waals surface area contributed by atoms with Crippen molar-refractivity contribution in [3.05, 3.63) is 52.8 Å². The van der Waals surface area contributed by atoms with Crippen LogP contribution in [-0.4, -0.2) is 18.2 Å². The van der Waals surface area contributed by atoms with Crippen LogP contribution in [0.1, 0.15) is 34.2 Å². The number of aryl methyl sites for hydroxylation is 2. The van der Waals surface area contributed by atoms with Crippen LogP contribution in [0.3, 0.4) is 0 Å². The van der Waals surface area contributed by atoms with Crippen LogP contribution >= 0.6 is 0 Å². The number of hydrogen-bond donors (Lipinski definition) is 0. The van der Waals surface area contributed by atoms with E-state index in [1.165, 1.54) is 3.97 Å². The number of nitrogens with zero attached hydrogens (tertiary/aromatic N) is 1. The molecule has 0 unspecified atom stereocenters. The second-order valence-electron chi connectivity index (χ2n) is 5.71. The van der Waals surface area contributed by atoms with Gasteiger partial charge in [0.15, 0.2) is 5.78 Å². The number of carbonyl (C=O) groups is 1. The number of Topliss-reactive ketones (excluding diaryl/α,β-unsaturated/α-hetero) is 1. The van der Waals surface area contributed by atoms with Gasteiger partial charge in [-0.05, 0) is 44.0 Å². The first-order chi connectivity index (χ1) is 9.82. The number of rotatable bonds is 2. The standard InChI is InChI=1S/C16H17NO3S/c1-10-4-6-14(7-5-10)21(19,20)17-12(3)9-13-8-11(2)16(18)15(13)17/h4-7,9,11H,8H2,1-3H3/t11-/m1/s1. The molecule has 1 aliphatic carbocycles. The van der Waals surface area contributed by atoms with E-state index in [-0.39, 0.29) is 16.6 Å². The Bertz CT molecular complexity index is 829. The molecule has 1 atom stereocenters. The molecular weight excluding hydrogens is 286 g/mol. The predicted molar refractivity (Wildman–Crippen MR) is 80.1 cm³/mol. The van der Waals surface area contributed by atoms with Gasteiger partial charge in [0.1, 0.15) is 5.69 Å². The van der Waals surface area contributed by atoms with Crippen molar-refractivity contribution in [1.82, 2.24) is 3.97 Å². The largest absolute Gasteiger partial charge is 0.292 e. The molecule has 1 aliphatic rings. The van der Waals surface area contributed by atoms with Crippen LogP contribution in [0.5, 0.6) is 0 Å². The lowest BCUT2D eigenvalue weighted by Crippen LogP contribution is -2.20. The monoisotopic (exact) mass is 303 g/mol. The minimum Gasteiger partial charge on any atom is -0.292 e. The third-order valence-corrected chi connectivity index (χ3v) is 5.80. The van der Waals surface area contributed by atoms with E-state index in [0.717, 1.165) is 11.1 Å². The third kappa shape index (κ3) is 2.03. The van der Waals surface area contributed by atoms with E-state index < -0.39 is 10.0 Å². The van der Waals surface area contributed by atoms with Gasteiger partial charge in [0.05, 0.1) is 4.90 Å². The molecule has 0 N–H and O–H groups in total. The van der Waals surface area contributed by atoms with E-state index in [1.54, 1.807) is 31.2 Å². The van der Waals surface area contributed by atoms with Gasteiger partial charge in [0, 0.05) is 11.6 Å². The van der Waals surface area contributed by atoms with Gasteiger partial charge >= 0.3 is 0 Å². The zero-order chi connectivity index (χ0) is 15.4. The molecule has 5 heteroatoms. The number of carbonyl (C=O) groups excluding carboxylic acids is 1. The van der Waals surface area contributed by atoms with Crippen LogP contribution in [0.15, 0.2) is 35.2 Å². The lowest BCUT2D eigenvalue weighted by Gasteiger charge is -2.12. The van der Waals surface area contributed by atoms with Crippen molar-refractivity contribution < 1.29 is 13.2 Å². The highest BCUT2D eigenvalue weighted by atomic mass is 32.2. The molecule has 1 aromatic carbocycles. The van der Waals surface area contributed by atoms with E-state index >= 15 is 0 Å². The molecular formula is C16H17NO3S. The average molecular weight is 303 g/mol. The third-order valence-electron chi connectivity index (χ3n) is 3.98. The lowest BCUT2D eigenvalue weighted by molar-refractivity contribution is 0.0940. The number of aromatic nitrogens is 1. The van der Waals surface area contributed by atoms with E-state index in [2.05, 4.69) is 0 Å². The molecule has 0 amide bonds. The maximum atomic E-state index is 12.8. The number of benzene rings is 1. The van der Waals surface area contributed by atoms with Crippen molar-refractivity contribution in [3.8, 4) is 0 Å². The molecule has 0 aliphatic heterocycles. The van der Waals surface area contributed by atoms with Crippen molar-refractivity contribution in [3.63, 3.8) is 0 Å². The molecule has 2 aromatic rings. The molecule has 0 saturated carbocycles. The Morgan fingerprint density at radius 1 is 1.14 bits per heavy atom. The Labute approximate surface area is 124 Å². The molecule has 0 bridgehead atoms. The van der Waals surface area contributed by atoms with Crippen molar-refractivity contribution in [2.45, 2.75) is 32.1 Å². The molecule has 3 rings (SSSR count). The normalized spacial score (nSPS) is 18.0. The van der Waals surface area contributed by atoms with Crippen molar-refractivity contribution in [1.29, 1.82) is 0 Å². The first kappa shape index (κ1) is 14.1. The summed E-state index contributed by atoms with van der Waals surface area (Å²) in [5, 5.41) is 0.